The van der Waals surface area contributed by atoms with E-state index < -0.39 is 11.8 Å². The third kappa shape index (κ3) is 4.56. The lowest BCUT2D eigenvalue weighted by Gasteiger charge is -2.28. The summed E-state index contributed by atoms with van der Waals surface area (Å²) in [6.07, 6.45) is 3.39. The zero-order chi connectivity index (χ0) is 25.3. The van der Waals surface area contributed by atoms with Crippen LogP contribution in [0.15, 0.2) is 71.4 Å². The second-order valence-electron chi connectivity index (χ2n) is 8.96. The Morgan fingerprint density at radius 3 is 2.43 bits per heavy atom. The van der Waals surface area contributed by atoms with Gasteiger partial charge in [-0.05, 0) is 55.2 Å². The standard InChI is InChI=1S/C28H25FN4O2/c1-17(2)15-32-27(34)23(19(4)24(14-30)28(32)35)12-21-16-33(22-8-6-5-7-9-22)31-26(21)20-11-10-18(3)25(29)13-20/h5-13,16-17H,15H2,1-4H3/b23-12+. The molecule has 0 atom stereocenters. The Hall–Kier alpha value is -4.31. The molecule has 0 unspecified atom stereocenters. The normalized spacial score (nSPS) is 15.3. The molecule has 3 aromatic rings. The number of hydrogen-bond acceptors (Lipinski definition) is 4. The lowest BCUT2D eigenvalue weighted by Crippen LogP contribution is -2.44. The van der Waals surface area contributed by atoms with Crippen LogP contribution in [0, 0.1) is 30.0 Å². The smallest absolute Gasteiger partial charge is 0.271 e. The number of benzene rings is 2. The van der Waals surface area contributed by atoms with E-state index in [1.165, 1.54) is 6.07 Å². The maximum absolute atomic E-state index is 14.4. The van der Waals surface area contributed by atoms with Crippen LogP contribution in [-0.4, -0.2) is 33.0 Å². The molecule has 1 aliphatic rings. The van der Waals surface area contributed by atoms with E-state index in [4.69, 9.17) is 5.10 Å². The van der Waals surface area contributed by atoms with Gasteiger partial charge in [-0.25, -0.2) is 9.07 Å². The number of rotatable bonds is 5. The topological polar surface area (TPSA) is 79.0 Å². The number of halogens is 1. The second kappa shape index (κ2) is 9.51. The molecular formula is C28H25FN4O2. The maximum Gasteiger partial charge on any atom is 0.271 e. The summed E-state index contributed by atoms with van der Waals surface area (Å²) >= 11 is 0. The molecule has 4 rings (SSSR count). The predicted octanol–water partition coefficient (Wildman–Crippen LogP) is 5.24. The molecule has 1 aliphatic heterocycles. The van der Waals surface area contributed by atoms with E-state index in [1.54, 1.807) is 42.9 Å². The summed E-state index contributed by atoms with van der Waals surface area (Å²) in [4.78, 5) is 27.3. The summed E-state index contributed by atoms with van der Waals surface area (Å²) in [6.45, 7) is 7.28. The second-order valence-corrected chi connectivity index (χ2v) is 8.96. The van der Waals surface area contributed by atoms with Gasteiger partial charge in [0.15, 0.2) is 0 Å². The molecule has 0 spiro atoms. The van der Waals surface area contributed by atoms with Crippen LogP contribution in [0.2, 0.25) is 0 Å². The van der Waals surface area contributed by atoms with Gasteiger partial charge < -0.3 is 0 Å². The molecule has 176 valence electrons. The largest absolute Gasteiger partial charge is 0.273 e. The highest BCUT2D eigenvalue weighted by Gasteiger charge is 2.36. The van der Waals surface area contributed by atoms with E-state index in [1.807, 2.05) is 50.2 Å². The average Bonchev–Trinajstić information content (AvgIpc) is 3.26. The third-order valence-electron chi connectivity index (χ3n) is 5.88. The summed E-state index contributed by atoms with van der Waals surface area (Å²) in [6, 6.07) is 16.3. The number of aromatic nitrogens is 2. The third-order valence-corrected chi connectivity index (χ3v) is 5.88. The van der Waals surface area contributed by atoms with Crippen LogP contribution in [0.3, 0.4) is 0 Å². The lowest BCUT2D eigenvalue weighted by atomic mass is 9.92. The van der Waals surface area contributed by atoms with Crippen LogP contribution in [0.5, 0.6) is 0 Å². The van der Waals surface area contributed by atoms with Gasteiger partial charge in [-0.2, -0.15) is 10.4 Å². The maximum atomic E-state index is 14.4. The molecule has 1 aromatic heterocycles. The fourth-order valence-corrected chi connectivity index (χ4v) is 3.99. The van der Waals surface area contributed by atoms with E-state index in [0.29, 0.717) is 28.0 Å². The number of hydrogen-bond donors (Lipinski definition) is 0. The van der Waals surface area contributed by atoms with Gasteiger partial charge in [-0.1, -0.05) is 44.2 Å². The van der Waals surface area contributed by atoms with Crippen molar-refractivity contribution in [2.24, 2.45) is 5.92 Å². The van der Waals surface area contributed by atoms with Crippen molar-refractivity contribution in [1.29, 1.82) is 5.26 Å². The number of para-hydroxylation sites is 1. The molecule has 0 fully saturated rings. The predicted molar refractivity (Wildman–Crippen MR) is 132 cm³/mol. The van der Waals surface area contributed by atoms with Crippen LogP contribution in [-0.2, 0) is 9.59 Å². The molecule has 2 amide bonds. The highest BCUT2D eigenvalue weighted by atomic mass is 19.1. The molecule has 0 saturated carbocycles. The van der Waals surface area contributed by atoms with Gasteiger partial charge in [0.25, 0.3) is 11.8 Å². The zero-order valence-electron chi connectivity index (χ0n) is 20.0. The summed E-state index contributed by atoms with van der Waals surface area (Å²) in [5.74, 6) is -1.37. The number of aryl methyl sites for hydroxylation is 1. The molecule has 0 radical (unpaired) electrons. The van der Waals surface area contributed by atoms with Crippen molar-refractivity contribution in [2.45, 2.75) is 27.7 Å². The van der Waals surface area contributed by atoms with E-state index in [0.717, 1.165) is 10.6 Å². The number of nitrogens with zero attached hydrogens (tertiary/aromatic N) is 4. The molecule has 6 nitrogen and oxygen atoms in total. The molecule has 0 saturated heterocycles. The Labute approximate surface area is 203 Å². The first kappa shape index (κ1) is 23.8. The molecule has 0 bridgehead atoms. The van der Waals surface area contributed by atoms with Gasteiger partial charge in [0, 0.05) is 29.4 Å². The highest BCUT2D eigenvalue weighted by Crippen LogP contribution is 2.32. The van der Waals surface area contributed by atoms with Crippen LogP contribution < -0.4 is 0 Å². The monoisotopic (exact) mass is 468 g/mol. The molecule has 0 N–H and O–H groups in total. The molecule has 0 aliphatic carbocycles. The number of imide groups is 1. The van der Waals surface area contributed by atoms with Gasteiger partial charge in [-0.3, -0.25) is 14.5 Å². The zero-order valence-corrected chi connectivity index (χ0v) is 20.0. The van der Waals surface area contributed by atoms with Crippen molar-refractivity contribution in [3.63, 3.8) is 0 Å². The van der Waals surface area contributed by atoms with E-state index in [9.17, 15) is 19.2 Å². The minimum absolute atomic E-state index is 0.0365. The first-order valence-corrected chi connectivity index (χ1v) is 11.3. The van der Waals surface area contributed by atoms with E-state index in [-0.39, 0.29) is 29.4 Å². The van der Waals surface area contributed by atoms with Gasteiger partial charge in [0.2, 0.25) is 0 Å². The highest BCUT2D eigenvalue weighted by molar-refractivity contribution is 6.19. The quantitative estimate of drug-likeness (QED) is 0.379. The van der Waals surface area contributed by atoms with E-state index in [2.05, 4.69) is 0 Å². The summed E-state index contributed by atoms with van der Waals surface area (Å²) < 4.78 is 16.1. The summed E-state index contributed by atoms with van der Waals surface area (Å²) in [7, 11) is 0. The number of amides is 2. The molecular weight excluding hydrogens is 443 g/mol. The van der Waals surface area contributed by atoms with Gasteiger partial charge in [0.1, 0.15) is 23.2 Å². The first-order chi connectivity index (χ1) is 16.7. The van der Waals surface area contributed by atoms with Crippen molar-refractivity contribution < 1.29 is 14.0 Å². The van der Waals surface area contributed by atoms with Crippen molar-refractivity contribution in [2.75, 3.05) is 6.54 Å². The van der Waals surface area contributed by atoms with Gasteiger partial charge in [-0.15, -0.1) is 0 Å². The van der Waals surface area contributed by atoms with Gasteiger partial charge >= 0.3 is 0 Å². The van der Waals surface area contributed by atoms with Crippen molar-refractivity contribution in [1.82, 2.24) is 14.7 Å². The van der Waals surface area contributed by atoms with Crippen molar-refractivity contribution in [3.05, 3.63) is 88.4 Å². The van der Waals surface area contributed by atoms with Crippen LogP contribution in [0.1, 0.15) is 31.9 Å². The molecule has 2 heterocycles. The average molecular weight is 469 g/mol. The van der Waals surface area contributed by atoms with Gasteiger partial charge in [0.05, 0.1) is 5.69 Å². The van der Waals surface area contributed by atoms with Crippen LogP contribution >= 0.6 is 0 Å². The molecule has 2 aromatic carbocycles. The fourth-order valence-electron chi connectivity index (χ4n) is 3.99. The molecule has 7 heteroatoms. The van der Waals surface area contributed by atoms with Crippen molar-refractivity contribution >= 4 is 17.9 Å². The summed E-state index contributed by atoms with van der Waals surface area (Å²) in [5, 5.41) is 14.3. The Balaban J connectivity index is 1.93. The lowest BCUT2D eigenvalue weighted by molar-refractivity contribution is -0.141. The minimum atomic E-state index is -0.582. The molecule has 35 heavy (non-hydrogen) atoms. The first-order valence-electron chi connectivity index (χ1n) is 11.3. The Morgan fingerprint density at radius 2 is 1.80 bits per heavy atom. The number of carbonyl (C=O) groups excluding carboxylic acids is 2. The fraction of sp³-hybridized carbons (Fsp3) is 0.214. The Morgan fingerprint density at radius 1 is 1.09 bits per heavy atom. The van der Waals surface area contributed by atoms with Crippen molar-refractivity contribution in [3.8, 4) is 23.0 Å². The van der Waals surface area contributed by atoms with E-state index >= 15 is 0 Å². The van der Waals surface area contributed by atoms with Crippen LogP contribution in [0.4, 0.5) is 4.39 Å². The number of carbonyl (C=O) groups is 2. The van der Waals surface area contributed by atoms with Crippen LogP contribution in [0.25, 0.3) is 23.0 Å². The summed E-state index contributed by atoms with van der Waals surface area (Å²) in [5.41, 5.74) is 3.40. The Kier molecular flexibility index (Phi) is 6.48. The SMILES string of the molecule is CC1=C(C#N)C(=O)N(CC(C)C)C(=O)/C1=C/c1cn(-c2ccccc2)nc1-c1ccc(C)c(F)c1. The Bertz CT molecular complexity index is 1420. The number of nitriles is 1. The minimum Gasteiger partial charge on any atom is -0.273 e.